The minimum absolute atomic E-state index is 0.163. The van der Waals surface area contributed by atoms with E-state index in [2.05, 4.69) is 0 Å². The highest BCUT2D eigenvalue weighted by Crippen LogP contribution is 2.27. The molecule has 0 saturated heterocycles. The molecule has 0 radical (unpaired) electrons. The van der Waals surface area contributed by atoms with Gasteiger partial charge >= 0.3 is 11.9 Å². The molecule has 2 rings (SSSR count). The van der Waals surface area contributed by atoms with E-state index in [0.717, 1.165) is 13.1 Å². The first-order valence-electron chi connectivity index (χ1n) is 5.92. The molecule has 1 heterocycles. The van der Waals surface area contributed by atoms with Crippen LogP contribution in [0.25, 0.3) is 5.69 Å². The minimum Gasteiger partial charge on any atom is -0.298 e. The van der Waals surface area contributed by atoms with Crippen LogP contribution in [-0.2, 0) is 13.2 Å². The maximum absolute atomic E-state index is 13.9. The molecule has 0 N–H and O–H groups in total. The van der Waals surface area contributed by atoms with Crippen molar-refractivity contribution in [1.29, 1.82) is 0 Å². The van der Waals surface area contributed by atoms with Crippen molar-refractivity contribution in [2.45, 2.75) is 6.18 Å². The summed E-state index contributed by atoms with van der Waals surface area (Å²) in [4.78, 5) is 34.7. The Morgan fingerprint density at radius 1 is 1.17 bits per heavy atom. The van der Waals surface area contributed by atoms with Gasteiger partial charge in [-0.1, -0.05) is 11.6 Å². The molecule has 1 aromatic heterocycles. The molecule has 122 valence electrons. The number of aromatic nitrogens is 2. The average Bonchev–Trinajstić information content (AvgIpc) is 2.44. The normalized spacial score (nSPS) is 11.6. The fourth-order valence-corrected chi connectivity index (χ4v) is 2.13. The quantitative estimate of drug-likeness (QED) is 0.616. The molecule has 2 aromatic rings. The highest BCUT2D eigenvalue weighted by molar-refractivity contribution is 6.33. The maximum atomic E-state index is 13.9. The first-order chi connectivity index (χ1) is 10.6. The number of hydrogen-bond acceptors (Lipinski definition) is 3. The van der Waals surface area contributed by atoms with Crippen LogP contribution in [0.15, 0.2) is 27.8 Å². The van der Waals surface area contributed by atoms with Gasteiger partial charge in [-0.25, -0.2) is 13.8 Å². The second-order valence-corrected chi connectivity index (χ2v) is 4.89. The van der Waals surface area contributed by atoms with Crippen molar-refractivity contribution < 1.29 is 22.4 Å². The molecule has 0 saturated carbocycles. The third-order valence-electron chi connectivity index (χ3n) is 3.04. The van der Waals surface area contributed by atoms with Gasteiger partial charge in [0, 0.05) is 18.7 Å². The molecule has 0 atom stereocenters. The summed E-state index contributed by atoms with van der Waals surface area (Å²) in [6.45, 7) is 0. The first kappa shape index (κ1) is 16.9. The number of rotatable bonds is 2. The highest BCUT2D eigenvalue weighted by Gasteiger charge is 2.35. The van der Waals surface area contributed by atoms with E-state index in [4.69, 9.17) is 11.6 Å². The SMILES string of the molecule is Cn1c(C(F)(F)F)cc(=O)n(-c2cc(C=O)c(Cl)cc2F)c1=O. The molecule has 10 heteroatoms. The van der Waals surface area contributed by atoms with Crippen molar-refractivity contribution in [3.8, 4) is 5.69 Å². The van der Waals surface area contributed by atoms with Crippen molar-refractivity contribution >= 4 is 17.9 Å². The standard InChI is InChI=1S/C13H7ClF4N2O3/c1-19-10(13(16,17)18)4-11(22)20(12(19)23)9-2-6(5-21)7(14)3-8(9)15/h2-5H,1H3. The molecule has 0 fully saturated rings. The summed E-state index contributed by atoms with van der Waals surface area (Å²) in [6.07, 6.45) is -4.68. The summed E-state index contributed by atoms with van der Waals surface area (Å²) in [5.41, 5.74) is -5.18. The lowest BCUT2D eigenvalue weighted by Gasteiger charge is -2.14. The van der Waals surface area contributed by atoms with Gasteiger partial charge in [-0.3, -0.25) is 14.2 Å². The van der Waals surface area contributed by atoms with E-state index in [9.17, 15) is 31.9 Å². The van der Waals surface area contributed by atoms with Crippen LogP contribution < -0.4 is 11.2 Å². The van der Waals surface area contributed by atoms with Gasteiger partial charge in [0.05, 0.1) is 10.7 Å². The van der Waals surface area contributed by atoms with E-state index >= 15 is 0 Å². The van der Waals surface area contributed by atoms with Crippen molar-refractivity contribution in [3.63, 3.8) is 0 Å². The van der Waals surface area contributed by atoms with Crippen molar-refractivity contribution in [1.82, 2.24) is 9.13 Å². The van der Waals surface area contributed by atoms with Crippen LogP contribution in [0.3, 0.4) is 0 Å². The average molecular weight is 351 g/mol. The third kappa shape index (κ3) is 2.91. The lowest BCUT2D eigenvalue weighted by Crippen LogP contribution is -2.41. The molecule has 0 aliphatic carbocycles. The second kappa shape index (κ2) is 5.65. The van der Waals surface area contributed by atoms with Crippen LogP contribution in [0.4, 0.5) is 17.6 Å². The Morgan fingerprint density at radius 3 is 2.30 bits per heavy atom. The molecule has 0 aliphatic rings. The first-order valence-corrected chi connectivity index (χ1v) is 6.30. The van der Waals surface area contributed by atoms with Crippen molar-refractivity contribution in [3.05, 3.63) is 61.1 Å². The van der Waals surface area contributed by atoms with Crippen LogP contribution in [0, 0.1) is 5.82 Å². The lowest BCUT2D eigenvalue weighted by atomic mass is 10.2. The third-order valence-corrected chi connectivity index (χ3v) is 3.37. The largest absolute Gasteiger partial charge is 0.431 e. The minimum atomic E-state index is -4.93. The number of benzene rings is 1. The van der Waals surface area contributed by atoms with Crippen LogP contribution in [0.5, 0.6) is 0 Å². The number of halogens is 5. The van der Waals surface area contributed by atoms with Gasteiger partial charge in [0.15, 0.2) is 6.29 Å². The van der Waals surface area contributed by atoms with Crippen molar-refractivity contribution in [2.24, 2.45) is 7.05 Å². The Balaban J connectivity index is 2.87. The number of nitrogens with zero attached hydrogens (tertiary/aromatic N) is 2. The summed E-state index contributed by atoms with van der Waals surface area (Å²) < 4.78 is 52.5. The van der Waals surface area contributed by atoms with Crippen molar-refractivity contribution in [2.75, 3.05) is 0 Å². The van der Waals surface area contributed by atoms with Gasteiger partial charge in [-0.15, -0.1) is 0 Å². The van der Waals surface area contributed by atoms with Crippen LogP contribution in [0.1, 0.15) is 16.1 Å². The Labute approximate surface area is 130 Å². The number of alkyl halides is 3. The Morgan fingerprint density at radius 2 is 1.78 bits per heavy atom. The van der Waals surface area contributed by atoms with E-state index < -0.39 is 34.6 Å². The summed E-state index contributed by atoms with van der Waals surface area (Å²) >= 11 is 5.59. The van der Waals surface area contributed by atoms with Gasteiger partial charge in [-0.2, -0.15) is 13.2 Å². The Kier molecular flexibility index (Phi) is 4.16. The van der Waals surface area contributed by atoms with Gasteiger partial charge < -0.3 is 0 Å². The van der Waals surface area contributed by atoms with E-state index in [1.165, 1.54) is 0 Å². The fourth-order valence-electron chi connectivity index (χ4n) is 1.93. The predicted octanol–water partition coefficient (Wildman–Crippen LogP) is 2.16. The van der Waals surface area contributed by atoms with Crippen LogP contribution in [-0.4, -0.2) is 15.4 Å². The molecule has 0 spiro atoms. The molecule has 23 heavy (non-hydrogen) atoms. The zero-order chi connectivity index (χ0) is 17.5. The summed E-state index contributed by atoms with van der Waals surface area (Å²) in [7, 11) is 0.787. The van der Waals surface area contributed by atoms with Gasteiger partial charge in [0.2, 0.25) is 0 Å². The summed E-state index contributed by atoms with van der Waals surface area (Å²) in [6, 6.07) is 1.65. The molecular weight excluding hydrogens is 344 g/mol. The zero-order valence-electron chi connectivity index (χ0n) is 11.3. The molecule has 5 nitrogen and oxygen atoms in total. The van der Waals surface area contributed by atoms with E-state index in [0.29, 0.717) is 6.07 Å². The number of aldehydes is 1. The zero-order valence-corrected chi connectivity index (χ0v) is 12.1. The molecular formula is C13H7ClF4N2O3. The predicted molar refractivity (Wildman–Crippen MR) is 72.6 cm³/mol. The number of carbonyl (C=O) groups excluding carboxylic acids is 1. The van der Waals surface area contributed by atoms with E-state index in [1.807, 2.05) is 0 Å². The van der Waals surface area contributed by atoms with Gasteiger partial charge in [0.25, 0.3) is 5.56 Å². The molecule has 1 aromatic carbocycles. The highest BCUT2D eigenvalue weighted by atomic mass is 35.5. The number of hydrogen-bond donors (Lipinski definition) is 0. The topological polar surface area (TPSA) is 61.1 Å². The van der Waals surface area contributed by atoms with E-state index in [-0.39, 0.29) is 32.1 Å². The molecule has 0 unspecified atom stereocenters. The number of carbonyl (C=O) groups is 1. The van der Waals surface area contributed by atoms with Gasteiger partial charge in [0.1, 0.15) is 11.5 Å². The molecule has 0 amide bonds. The lowest BCUT2D eigenvalue weighted by molar-refractivity contribution is -0.144. The summed E-state index contributed by atoms with van der Waals surface area (Å²) in [5, 5.41) is -0.266. The summed E-state index contributed by atoms with van der Waals surface area (Å²) in [5.74, 6) is -1.14. The Hall–Kier alpha value is -2.42. The molecule has 0 bridgehead atoms. The smallest absolute Gasteiger partial charge is 0.298 e. The maximum Gasteiger partial charge on any atom is 0.431 e. The van der Waals surface area contributed by atoms with E-state index in [1.54, 1.807) is 0 Å². The van der Waals surface area contributed by atoms with Crippen LogP contribution >= 0.6 is 11.6 Å². The van der Waals surface area contributed by atoms with Crippen LogP contribution in [0.2, 0.25) is 5.02 Å². The van der Waals surface area contributed by atoms with Gasteiger partial charge in [-0.05, 0) is 12.1 Å². The second-order valence-electron chi connectivity index (χ2n) is 4.49. The molecule has 0 aliphatic heterocycles. The monoisotopic (exact) mass is 350 g/mol. The Bertz CT molecular complexity index is 915. The fraction of sp³-hybridized carbons (Fsp3) is 0.154.